The van der Waals surface area contributed by atoms with E-state index in [9.17, 15) is 0 Å². The monoisotopic (exact) mass is 795 g/mol. The van der Waals surface area contributed by atoms with Crippen LogP contribution in [0.4, 0.5) is 0 Å². The van der Waals surface area contributed by atoms with E-state index < -0.39 is 0 Å². The molecule has 0 spiro atoms. The van der Waals surface area contributed by atoms with Crippen LogP contribution >= 0.6 is 0 Å². The van der Waals surface area contributed by atoms with Gasteiger partial charge < -0.3 is 0 Å². The van der Waals surface area contributed by atoms with Gasteiger partial charge in [-0.05, 0) is 36.8 Å². The first kappa shape index (κ1) is 49.2. The highest BCUT2D eigenvalue weighted by Gasteiger charge is 2.13. The van der Waals surface area contributed by atoms with Crippen LogP contribution in [0.5, 0.6) is 0 Å². The van der Waals surface area contributed by atoms with Gasteiger partial charge in [0, 0.05) is 13.8 Å². The first-order chi connectivity index (χ1) is 28.6. The van der Waals surface area contributed by atoms with Crippen molar-refractivity contribution in [3.05, 3.63) is 108 Å². The lowest BCUT2D eigenvalue weighted by Crippen LogP contribution is -2.36. The Morgan fingerprint density at radius 3 is 0.879 bits per heavy atom. The van der Waals surface area contributed by atoms with Crippen molar-refractivity contribution in [2.45, 2.75) is 234 Å². The average Bonchev–Trinajstić information content (AvgIpc) is 3.78. The second kappa shape index (κ2) is 33.7. The lowest BCUT2D eigenvalue weighted by atomic mass is 10.0. The largest absolute Gasteiger partial charge is 0.253 e. The molecule has 0 aliphatic heterocycles. The normalized spacial score (nSPS) is 11.2. The molecule has 324 valence electrons. The molecule has 4 rings (SSSR count). The van der Waals surface area contributed by atoms with Crippen molar-refractivity contribution in [3.8, 4) is 0 Å². The van der Waals surface area contributed by atoms with Crippen LogP contribution < -0.4 is 9.13 Å². The van der Waals surface area contributed by atoms with Gasteiger partial charge in [-0.15, -0.1) is 0 Å². The molecule has 2 aromatic heterocycles. The number of unbranched alkanes of at least 4 members (excludes halogenated alkanes) is 26. The maximum absolute atomic E-state index is 2.42. The summed E-state index contributed by atoms with van der Waals surface area (Å²) in [7, 11) is 0. The third kappa shape index (κ3) is 22.9. The fourth-order valence-corrected chi connectivity index (χ4v) is 8.40. The summed E-state index contributed by atoms with van der Waals surface area (Å²) < 4.78 is 9.56. The molecule has 0 unspecified atom stereocenters. The van der Waals surface area contributed by atoms with E-state index in [1.807, 2.05) is 0 Å². The molecule has 0 bridgehead atoms. The van der Waals surface area contributed by atoms with Gasteiger partial charge in [0.1, 0.15) is 37.9 Å². The molecule has 0 aliphatic rings. The third-order valence-corrected chi connectivity index (χ3v) is 12.4. The highest BCUT2D eigenvalue weighted by molar-refractivity contribution is 5.14. The first-order valence-electron chi connectivity index (χ1n) is 24.8. The molecule has 0 fully saturated rings. The standard InChI is InChI=1S/2C27H45N2/c2*1-3-4-5-6-7-8-9-10-11-12-13-14-15-19-22-28-23-24-29(26(28)2)25-27-20-17-16-18-21-27/h2*16-18,20-21,23-24H,3-15,19,22,25H2,1-2H3/q2*+1. The van der Waals surface area contributed by atoms with Crippen LogP contribution in [0.15, 0.2) is 85.5 Å². The van der Waals surface area contributed by atoms with Gasteiger partial charge in [0.2, 0.25) is 0 Å². The zero-order chi connectivity index (χ0) is 41.1. The average molecular weight is 795 g/mol. The molecule has 0 saturated heterocycles. The van der Waals surface area contributed by atoms with Crippen LogP contribution in [0.1, 0.15) is 216 Å². The second-order valence-electron chi connectivity index (χ2n) is 17.5. The summed E-state index contributed by atoms with van der Waals surface area (Å²) >= 11 is 0. The van der Waals surface area contributed by atoms with Crippen molar-refractivity contribution in [1.82, 2.24) is 9.13 Å². The van der Waals surface area contributed by atoms with Crippen molar-refractivity contribution < 1.29 is 9.13 Å². The topological polar surface area (TPSA) is 17.6 Å². The van der Waals surface area contributed by atoms with Crippen LogP contribution in [-0.4, -0.2) is 9.13 Å². The van der Waals surface area contributed by atoms with Gasteiger partial charge >= 0.3 is 0 Å². The maximum Gasteiger partial charge on any atom is 0.253 e. The van der Waals surface area contributed by atoms with E-state index in [4.69, 9.17) is 0 Å². The maximum atomic E-state index is 2.42. The molecule has 0 amide bonds. The SMILES string of the molecule is CCCCCCCCCCCCCCCCn1cc[n+](Cc2ccccc2)c1C.CCCCCCCCCCCCCCCCn1cc[n+](Cc2ccccc2)c1C. The van der Waals surface area contributed by atoms with Crippen molar-refractivity contribution in [3.63, 3.8) is 0 Å². The highest BCUT2D eigenvalue weighted by atomic mass is 15.1. The Morgan fingerprint density at radius 1 is 0.345 bits per heavy atom. The number of nitrogens with zero attached hydrogens (tertiary/aromatic N) is 4. The minimum absolute atomic E-state index is 0.971. The Balaban J connectivity index is 0.000000310. The minimum Gasteiger partial charge on any atom is -0.234 e. The molecule has 4 nitrogen and oxygen atoms in total. The Hall–Kier alpha value is -3.14. The lowest BCUT2D eigenvalue weighted by Gasteiger charge is -2.04. The van der Waals surface area contributed by atoms with Gasteiger partial charge in [-0.1, -0.05) is 229 Å². The van der Waals surface area contributed by atoms with Crippen LogP contribution in [-0.2, 0) is 26.2 Å². The van der Waals surface area contributed by atoms with Gasteiger partial charge in [0.05, 0.1) is 13.1 Å². The fourth-order valence-electron chi connectivity index (χ4n) is 8.40. The van der Waals surface area contributed by atoms with Gasteiger partial charge in [0.15, 0.2) is 0 Å². The van der Waals surface area contributed by atoms with Crippen molar-refractivity contribution >= 4 is 0 Å². The van der Waals surface area contributed by atoms with Crippen LogP contribution in [0.2, 0.25) is 0 Å². The Labute approximate surface area is 358 Å². The van der Waals surface area contributed by atoms with Crippen LogP contribution in [0.3, 0.4) is 0 Å². The van der Waals surface area contributed by atoms with Gasteiger partial charge in [-0.3, -0.25) is 0 Å². The molecule has 0 atom stereocenters. The Bertz CT molecular complexity index is 1370. The fraction of sp³-hybridized carbons (Fsp3) is 0.667. The number of hydrogen-bond donors (Lipinski definition) is 0. The summed E-state index contributed by atoms with van der Waals surface area (Å²) in [6, 6.07) is 21.5. The van der Waals surface area contributed by atoms with Crippen molar-refractivity contribution in [1.29, 1.82) is 0 Å². The third-order valence-electron chi connectivity index (χ3n) is 12.4. The molecule has 0 saturated carbocycles. The zero-order valence-corrected chi connectivity index (χ0v) is 38.5. The second-order valence-corrected chi connectivity index (χ2v) is 17.5. The molecule has 0 aliphatic carbocycles. The molecule has 4 aromatic rings. The highest BCUT2D eigenvalue weighted by Crippen LogP contribution is 2.15. The number of rotatable bonds is 34. The zero-order valence-electron chi connectivity index (χ0n) is 38.5. The summed E-state index contributed by atoms with van der Waals surface area (Å²) in [5.41, 5.74) is 2.74. The van der Waals surface area contributed by atoms with Crippen LogP contribution in [0, 0.1) is 13.8 Å². The Kier molecular flexibility index (Phi) is 28.6. The predicted molar refractivity (Wildman–Crippen MR) is 250 cm³/mol. The summed E-state index contributed by atoms with van der Waals surface area (Å²) in [4.78, 5) is 0. The van der Waals surface area contributed by atoms with E-state index in [0.717, 1.165) is 26.2 Å². The molecule has 0 radical (unpaired) electrons. The summed E-state index contributed by atoms with van der Waals surface area (Å²) in [6.07, 6.45) is 48.8. The molecule has 2 heterocycles. The van der Waals surface area contributed by atoms with Crippen LogP contribution in [0.25, 0.3) is 0 Å². The van der Waals surface area contributed by atoms with Crippen molar-refractivity contribution in [2.24, 2.45) is 0 Å². The molecule has 0 N–H and O–H groups in total. The molecule has 4 heteroatoms. The summed E-state index contributed by atoms with van der Waals surface area (Å²) in [6.45, 7) is 13.3. The smallest absolute Gasteiger partial charge is 0.234 e. The molecular formula is C54H90N4+2. The summed E-state index contributed by atoms with van der Waals surface area (Å²) in [5.74, 6) is 2.73. The predicted octanol–water partition coefficient (Wildman–Crippen LogP) is 15.2. The lowest BCUT2D eigenvalue weighted by molar-refractivity contribution is -0.694. The first-order valence-corrected chi connectivity index (χ1v) is 24.8. The molecule has 2 aromatic carbocycles. The van der Waals surface area contributed by atoms with E-state index in [1.54, 1.807) is 0 Å². The van der Waals surface area contributed by atoms with E-state index in [0.29, 0.717) is 0 Å². The van der Waals surface area contributed by atoms with Gasteiger partial charge in [-0.25, -0.2) is 18.3 Å². The van der Waals surface area contributed by atoms with Gasteiger partial charge in [0.25, 0.3) is 11.6 Å². The minimum atomic E-state index is 0.971. The number of hydrogen-bond acceptors (Lipinski definition) is 0. The quantitative estimate of drug-likeness (QED) is 0.0331. The number of imidazole rings is 2. The number of benzene rings is 2. The van der Waals surface area contributed by atoms with Gasteiger partial charge in [-0.2, -0.15) is 0 Å². The summed E-state index contributed by atoms with van der Waals surface area (Å²) in [5, 5.41) is 0. The van der Waals surface area contributed by atoms with E-state index in [2.05, 4.69) is 131 Å². The Morgan fingerprint density at radius 2 is 0.603 bits per heavy atom. The number of aromatic nitrogens is 4. The number of aryl methyl sites for hydroxylation is 2. The van der Waals surface area contributed by atoms with E-state index in [1.165, 1.54) is 203 Å². The molecular weight excluding hydrogens is 705 g/mol. The molecule has 58 heavy (non-hydrogen) atoms. The van der Waals surface area contributed by atoms with E-state index in [-0.39, 0.29) is 0 Å². The van der Waals surface area contributed by atoms with Crippen molar-refractivity contribution in [2.75, 3.05) is 0 Å². The van der Waals surface area contributed by atoms with E-state index >= 15 is 0 Å².